The van der Waals surface area contributed by atoms with Gasteiger partial charge in [0.15, 0.2) is 0 Å². The Morgan fingerprint density at radius 2 is 1.84 bits per heavy atom. The van der Waals surface area contributed by atoms with E-state index < -0.39 is 22.0 Å². The maximum absolute atomic E-state index is 13.1. The quantitative estimate of drug-likeness (QED) is 0.438. The summed E-state index contributed by atoms with van der Waals surface area (Å²) in [5, 5.41) is 10.5. The van der Waals surface area contributed by atoms with Gasteiger partial charge in [-0.15, -0.1) is 11.3 Å². The number of halogens is 1. The highest BCUT2D eigenvalue weighted by Crippen LogP contribution is 2.31. The van der Waals surface area contributed by atoms with Gasteiger partial charge in [0.05, 0.1) is 0 Å². The van der Waals surface area contributed by atoms with E-state index >= 15 is 0 Å². The summed E-state index contributed by atoms with van der Waals surface area (Å²) in [5.74, 6) is -1.64. The molecule has 0 bridgehead atoms. The third-order valence-corrected chi connectivity index (χ3v) is 8.07. The van der Waals surface area contributed by atoms with E-state index in [0.717, 1.165) is 27.8 Å². The SMILES string of the molecule is Cn1cc(C[C@H](NS(=O)(=O)c2ccc(-c3ccc(F)cc3)s2)C(=O)O)c2ccccc21. The third kappa shape index (κ3) is 4.39. The lowest BCUT2D eigenvalue weighted by molar-refractivity contribution is -0.138. The molecule has 0 amide bonds. The van der Waals surface area contributed by atoms with Crippen LogP contribution in [0.15, 0.2) is 71.1 Å². The molecule has 0 aliphatic carbocycles. The van der Waals surface area contributed by atoms with Crippen LogP contribution in [0.2, 0.25) is 0 Å². The number of para-hydroxylation sites is 1. The van der Waals surface area contributed by atoms with Gasteiger partial charge in [0.25, 0.3) is 10.0 Å². The lowest BCUT2D eigenvalue weighted by Crippen LogP contribution is -2.42. The molecule has 160 valence electrons. The van der Waals surface area contributed by atoms with Gasteiger partial charge in [-0.25, -0.2) is 12.8 Å². The van der Waals surface area contributed by atoms with Crippen molar-refractivity contribution < 1.29 is 22.7 Å². The molecular formula is C22H19FN2O4S2. The molecule has 0 fully saturated rings. The molecule has 4 rings (SSSR count). The first-order valence-corrected chi connectivity index (χ1v) is 11.7. The predicted molar refractivity (Wildman–Crippen MR) is 118 cm³/mol. The molecule has 2 N–H and O–H groups in total. The largest absolute Gasteiger partial charge is 0.480 e. The van der Waals surface area contributed by atoms with E-state index in [1.807, 2.05) is 42.1 Å². The highest BCUT2D eigenvalue weighted by molar-refractivity contribution is 7.91. The van der Waals surface area contributed by atoms with Gasteiger partial charge in [0.2, 0.25) is 0 Å². The standard InChI is InChI=1S/C22H19FN2O4S2/c1-25-13-15(17-4-2-3-5-19(17)25)12-18(22(26)27)24-31(28,29)21-11-10-20(30-21)14-6-8-16(23)9-7-14/h2-11,13,18,24H,12H2,1H3,(H,26,27)/t18-/m0/s1. The number of carbonyl (C=O) groups is 1. The summed E-state index contributed by atoms with van der Waals surface area (Å²) in [5.41, 5.74) is 2.36. The lowest BCUT2D eigenvalue weighted by Gasteiger charge is -2.13. The molecule has 31 heavy (non-hydrogen) atoms. The van der Waals surface area contributed by atoms with Gasteiger partial charge in [-0.05, 0) is 41.5 Å². The summed E-state index contributed by atoms with van der Waals surface area (Å²) in [7, 11) is -2.20. The van der Waals surface area contributed by atoms with E-state index in [0.29, 0.717) is 10.4 Å². The molecule has 0 radical (unpaired) electrons. The molecule has 2 heterocycles. The van der Waals surface area contributed by atoms with Crippen LogP contribution >= 0.6 is 11.3 Å². The summed E-state index contributed by atoms with van der Waals surface area (Å²) < 4.78 is 43.1. The topological polar surface area (TPSA) is 88.4 Å². The van der Waals surface area contributed by atoms with Crippen molar-refractivity contribution in [2.75, 3.05) is 0 Å². The van der Waals surface area contributed by atoms with Crippen LogP contribution in [0.25, 0.3) is 21.3 Å². The van der Waals surface area contributed by atoms with Crippen LogP contribution in [-0.2, 0) is 28.3 Å². The Labute approximate surface area is 182 Å². The number of nitrogens with zero attached hydrogens (tertiary/aromatic N) is 1. The van der Waals surface area contributed by atoms with Gasteiger partial charge in [-0.3, -0.25) is 4.79 Å². The molecule has 0 spiro atoms. The number of rotatable bonds is 7. The maximum atomic E-state index is 13.1. The Bertz CT molecular complexity index is 1360. The van der Waals surface area contributed by atoms with Crippen molar-refractivity contribution in [2.45, 2.75) is 16.7 Å². The molecular weight excluding hydrogens is 439 g/mol. The first kappa shape index (κ1) is 21.2. The number of benzene rings is 2. The highest BCUT2D eigenvalue weighted by Gasteiger charge is 2.28. The molecule has 0 aliphatic rings. The first-order chi connectivity index (χ1) is 14.7. The van der Waals surface area contributed by atoms with E-state index in [1.165, 1.54) is 18.2 Å². The lowest BCUT2D eigenvalue weighted by atomic mass is 10.1. The monoisotopic (exact) mass is 458 g/mol. The molecule has 0 unspecified atom stereocenters. The molecule has 4 aromatic rings. The number of nitrogens with one attached hydrogen (secondary N) is 1. The minimum absolute atomic E-state index is 0.00371. The van der Waals surface area contributed by atoms with E-state index in [9.17, 15) is 22.7 Å². The summed E-state index contributed by atoms with van der Waals surface area (Å²) in [4.78, 5) is 12.5. The van der Waals surface area contributed by atoms with Crippen LogP contribution in [0.1, 0.15) is 5.56 Å². The Kier molecular flexibility index (Phi) is 5.65. The van der Waals surface area contributed by atoms with Crippen molar-refractivity contribution in [3.8, 4) is 10.4 Å². The normalized spacial score (nSPS) is 12.8. The number of aryl methyl sites for hydroxylation is 1. The molecule has 2 aromatic heterocycles. The Morgan fingerprint density at radius 1 is 1.13 bits per heavy atom. The summed E-state index contributed by atoms with van der Waals surface area (Å²) in [6, 6.07) is 15.0. The van der Waals surface area contributed by atoms with Crippen LogP contribution in [0.5, 0.6) is 0 Å². The fraction of sp³-hybridized carbons (Fsp3) is 0.136. The zero-order valence-electron chi connectivity index (χ0n) is 16.4. The number of carboxylic acids is 1. The molecule has 9 heteroatoms. The Morgan fingerprint density at radius 3 is 2.55 bits per heavy atom. The Balaban J connectivity index is 1.59. The van der Waals surface area contributed by atoms with Gasteiger partial charge in [-0.1, -0.05) is 30.3 Å². The van der Waals surface area contributed by atoms with Crippen LogP contribution in [0.4, 0.5) is 4.39 Å². The van der Waals surface area contributed by atoms with Gasteiger partial charge >= 0.3 is 5.97 Å². The smallest absolute Gasteiger partial charge is 0.322 e. The van der Waals surface area contributed by atoms with E-state index in [1.54, 1.807) is 18.2 Å². The van der Waals surface area contributed by atoms with Gasteiger partial charge < -0.3 is 9.67 Å². The third-order valence-electron chi connectivity index (χ3n) is 4.97. The van der Waals surface area contributed by atoms with Gasteiger partial charge in [0, 0.05) is 35.4 Å². The average Bonchev–Trinajstić information content (AvgIpc) is 3.35. The molecule has 1 atom stereocenters. The predicted octanol–water partition coefficient (Wildman–Crippen LogP) is 4.02. The summed E-state index contributed by atoms with van der Waals surface area (Å²) in [6.07, 6.45) is 1.82. The number of carboxylic acid groups (broad SMARTS) is 1. The molecule has 0 aliphatic heterocycles. The van der Waals surface area contributed by atoms with E-state index in [2.05, 4.69) is 4.72 Å². The average molecular weight is 459 g/mol. The van der Waals surface area contributed by atoms with Gasteiger partial charge in [-0.2, -0.15) is 4.72 Å². The van der Waals surface area contributed by atoms with Crippen LogP contribution in [0, 0.1) is 5.82 Å². The number of aliphatic carboxylic acids is 1. The minimum atomic E-state index is -4.06. The number of sulfonamides is 1. The number of fused-ring (bicyclic) bond motifs is 1. The molecule has 0 saturated heterocycles. The Hall–Kier alpha value is -3.01. The summed E-state index contributed by atoms with van der Waals surface area (Å²) in [6.45, 7) is 0. The zero-order valence-corrected chi connectivity index (χ0v) is 18.1. The van der Waals surface area contributed by atoms with Crippen molar-refractivity contribution in [2.24, 2.45) is 7.05 Å². The second kappa shape index (κ2) is 8.26. The fourth-order valence-corrected chi connectivity index (χ4v) is 5.98. The van der Waals surface area contributed by atoms with Crippen molar-refractivity contribution >= 4 is 38.2 Å². The number of aromatic nitrogens is 1. The van der Waals surface area contributed by atoms with Crippen molar-refractivity contribution in [1.82, 2.24) is 9.29 Å². The fourth-order valence-electron chi connectivity index (χ4n) is 3.47. The van der Waals surface area contributed by atoms with Crippen LogP contribution < -0.4 is 4.72 Å². The van der Waals surface area contributed by atoms with Crippen LogP contribution in [0.3, 0.4) is 0 Å². The van der Waals surface area contributed by atoms with Crippen LogP contribution in [-0.4, -0.2) is 30.1 Å². The van der Waals surface area contributed by atoms with Crippen molar-refractivity contribution in [1.29, 1.82) is 0 Å². The van der Waals surface area contributed by atoms with Gasteiger partial charge in [0.1, 0.15) is 16.1 Å². The highest BCUT2D eigenvalue weighted by atomic mass is 32.2. The number of thiophene rings is 1. The minimum Gasteiger partial charge on any atom is -0.480 e. The molecule has 2 aromatic carbocycles. The van der Waals surface area contributed by atoms with E-state index in [4.69, 9.17) is 0 Å². The van der Waals surface area contributed by atoms with E-state index in [-0.39, 0.29) is 16.4 Å². The van der Waals surface area contributed by atoms with Crippen molar-refractivity contribution in [3.63, 3.8) is 0 Å². The second-order valence-electron chi connectivity index (χ2n) is 7.12. The first-order valence-electron chi connectivity index (χ1n) is 9.38. The zero-order chi connectivity index (χ0) is 22.2. The number of hydrogen-bond acceptors (Lipinski definition) is 4. The van der Waals surface area contributed by atoms with Crippen molar-refractivity contribution in [3.05, 3.63) is 78.2 Å². The molecule has 0 saturated carbocycles. The summed E-state index contributed by atoms with van der Waals surface area (Å²) >= 11 is 0.995. The molecule has 6 nitrogen and oxygen atoms in total. The number of hydrogen-bond donors (Lipinski definition) is 2. The maximum Gasteiger partial charge on any atom is 0.322 e. The second-order valence-corrected chi connectivity index (χ2v) is 10.1.